The molecular weight excluding hydrogens is 244 g/mol. The molecule has 1 atom stereocenters. The van der Waals surface area contributed by atoms with Gasteiger partial charge in [-0.3, -0.25) is 0 Å². The Hall–Kier alpha value is -1.52. The van der Waals surface area contributed by atoms with E-state index < -0.39 is 0 Å². The molecule has 0 aromatic rings. The van der Waals surface area contributed by atoms with E-state index in [2.05, 4.69) is 17.6 Å². The molecule has 0 spiro atoms. The Labute approximate surface area is 114 Å². The summed E-state index contributed by atoms with van der Waals surface area (Å²) >= 11 is 0. The van der Waals surface area contributed by atoms with Crippen LogP contribution in [-0.2, 0) is 9.53 Å². The molecule has 0 aromatic carbocycles. The second-order valence-corrected chi connectivity index (χ2v) is 4.88. The highest BCUT2D eigenvalue weighted by molar-refractivity contribution is 5.94. The maximum Gasteiger partial charge on any atom is 0.337 e. The molecule has 0 radical (unpaired) electrons. The lowest BCUT2D eigenvalue weighted by molar-refractivity contribution is -0.136. The molecule has 1 rings (SSSR count). The first kappa shape index (κ1) is 15.5. The number of amides is 2. The summed E-state index contributed by atoms with van der Waals surface area (Å²) < 4.78 is 4.78. The van der Waals surface area contributed by atoms with Crippen molar-refractivity contribution in [2.75, 3.05) is 7.11 Å². The van der Waals surface area contributed by atoms with E-state index in [9.17, 15) is 9.59 Å². The summed E-state index contributed by atoms with van der Waals surface area (Å²) in [4.78, 5) is 23.2. The van der Waals surface area contributed by atoms with Crippen molar-refractivity contribution in [2.24, 2.45) is 0 Å². The van der Waals surface area contributed by atoms with Crippen LogP contribution in [0.1, 0.15) is 52.4 Å². The van der Waals surface area contributed by atoms with Gasteiger partial charge in [0.1, 0.15) is 0 Å². The number of carbonyl (C=O) groups excluding carboxylic acids is 2. The van der Waals surface area contributed by atoms with Gasteiger partial charge in [0.2, 0.25) is 0 Å². The number of hydrogen-bond donors (Lipinski definition) is 2. The number of urea groups is 1. The minimum atomic E-state index is -0.372. The number of esters is 1. The van der Waals surface area contributed by atoms with Crippen LogP contribution in [0.3, 0.4) is 0 Å². The highest BCUT2D eigenvalue weighted by atomic mass is 16.5. The van der Waals surface area contributed by atoms with Crippen molar-refractivity contribution in [1.29, 1.82) is 0 Å². The molecule has 1 aliphatic rings. The molecule has 0 fully saturated rings. The van der Waals surface area contributed by atoms with E-state index in [1.165, 1.54) is 26.4 Å². The minimum Gasteiger partial charge on any atom is -0.466 e. The zero-order valence-electron chi connectivity index (χ0n) is 12.0. The first-order valence-corrected chi connectivity index (χ1v) is 6.96. The summed E-state index contributed by atoms with van der Waals surface area (Å²) in [6.07, 6.45) is 6.54. The summed E-state index contributed by atoms with van der Waals surface area (Å²) in [6.45, 7) is 3.91. The van der Waals surface area contributed by atoms with Gasteiger partial charge in [-0.2, -0.15) is 0 Å². The molecule has 2 N–H and O–H groups in total. The smallest absolute Gasteiger partial charge is 0.337 e. The molecule has 108 valence electrons. The lowest BCUT2D eigenvalue weighted by Gasteiger charge is -2.27. The van der Waals surface area contributed by atoms with Gasteiger partial charge in [0, 0.05) is 5.70 Å². The van der Waals surface area contributed by atoms with Gasteiger partial charge < -0.3 is 15.4 Å². The molecule has 2 amide bonds. The van der Waals surface area contributed by atoms with Crippen LogP contribution in [0.25, 0.3) is 0 Å². The fourth-order valence-electron chi connectivity index (χ4n) is 2.34. The summed E-state index contributed by atoms with van der Waals surface area (Å²) in [6, 6.07) is -0.480. The second-order valence-electron chi connectivity index (χ2n) is 4.88. The highest BCUT2D eigenvalue weighted by Crippen LogP contribution is 2.19. The molecule has 0 bridgehead atoms. The minimum absolute atomic E-state index is 0.233. The molecule has 1 unspecified atom stereocenters. The quantitative estimate of drug-likeness (QED) is 0.550. The third-order valence-corrected chi connectivity index (χ3v) is 3.36. The number of hydrogen-bond acceptors (Lipinski definition) is 3. The number of methoxy groups -OCH3 is 1. The van der Waals surface area contributed by atoms with E-state index in [-0.39, 0.29) is 18.0 Å². The normalized spacial score (nSPS) is 18.9. The van der Waals surface area contributed by atoms with Crippen molar-refractivity contribution >= 4 is 12.0 Å². The van der Waals surface area contributed by atoms with Crippen LogP contribution in [0, 0.1) is 0 Å². The maximum atomic E-state index is 11.8. The van der Waals surface area contributed by atoms with Crippen molar-refractivity contribution in [3.8, 4) is 0 Å². The molecule has 0 saturated carbocycles. The third-order valence-electron chi connectivity index (χ3n) is 3.36. The van der Waals surface area contributed by atoms with Crippen LogP contribution < -0.4 is 10.6 Å². The topological polar surface area (TPSA) is 67.4 Å². The van der Waals surface area contributed by atoms with Gasteiger partial charge >= 0.3 is 12.0 Å². The average molecular weight is 268 g/mol. The van der Waals surface area contributed by atoms with Gasteiger partial charge in [-0.1, -0.05) is 39.0 Å². The van der Waals surface area contributed by atoms with E-state index in [1.54, 1.807) is 6.92 Å². The number of ether oxygens (including phenoxy) is 1. The zero-order valence-corrected chi connectivity index (χ0v) is 12.0. The average Bonchev–Trinajstić information content (AvgIpc) is 2.37. The molecule has 5 nitrogen and oxygen atoms in total. The summed E-state index contributed by atoms with van der Waals surface area (Å²) in [5, 5.41) is 5.41. The van der Waals surface area contributed by atoms with Crippen molar-refractivity contribution in [2.45, 2.75) is 58.4 Å². The van der Waals surface area contributed by atoms with Crippen LogP contribution in [-0.4, -0.2) is 25.2 Å². The number of nitrogens with one attached hydrogen (secondary N) is 2. The predicted octanol–water partition coefficient (Wildman–Crippen LogP) is 2.48. The molecule has 0 saturated heterocycles. The van der Waals surface area contributed by atoms with Crippen LogP contribution >= 0.6 is 0 Å². The van der Waals surface area contributed by atoms with Gasteiger partial charge in [0.15, 0.2) is 0 Å². The van der Waals surface area contributed by atoms with E-state index >= 15 is 0 Å². The van der Waals surface area contributed by atoms with Crippen LogP contribution in [0.5, 0.6) is 0 Å². The largest absolute Gasteiger partial charge is 0.466 e. The van der Waals surface area contributed by atoms with Crippen molar-refractivity contribution < 1.29 is 14.3 Å². The Kier molecular flexibility index (Phi) is 6.39. The molecule has 1 aliphatic heterocycles. The Morgan fingerprint density at radius 2 is 1.95 bits per heavy atom. The molecule has 5 heteroatoms. The van der Waals surface area contributed by atoms with Gasteiger partial charge in [0.05, 0.1) is 18.7 Å². The molecular formula is C14H24N2O3. The number of unbranched alkanes of at least 4 members (excludes halogenated alkanes) is 4. The lowest BCUT2D eigenvalue weighted by Crippen LogP contribution is -2.49. The Morgan fingerprint density at radius 1 is 1.26 bits per heavy atom. The first-order valence-electron chi connectivity index (χ1n) is 6.96. The SMILES string of the molecule is CCCCCCCC1NC(=O)NC(C)=C1C(=O)OC. The third kappa shape index (κ3) is 4.58. The van der Waals surface area contributed by atoms with Gasteiger partial charge in [-0.25, -0.2) is 9.59 Å². The van der Waals surface area contributed by atoms with Crippen molar-refractivity contribution in [3.05, 3.63) is 11.3 Å². The monoisotopic (exact) mass is 268 g/mol. The Bertz CT molecular complexity index is 364. The van der Waals surface area contributed by atoms with Gasteiger partial charge in [0.25, 0.3) is 0 Å². The standard InChI is InChI=1S/C14H24N2O3/c1-4-5-6-7-8-9-11-12(13(17)19-3)10(2)15-14(18)16-11/h11H,4-9H2,1-3H3,(H2,15,16,18). The maximum absolute atomic E-state index is 11.8. The zero-order chi connectivity index (χ0) is 14.3. The van der Waals surface area contributed by atoms with E-state index in [4.69, 9.17) is 4.74 Å². The van der Waals surface area contributed by atoms with Gasteiger partial charge in [-0.15, -0.1) is 0 Å². The van der Waals surface area contributed by atoms with E-state index in [1.807, 2.05) is 0 Å². The molecule has 0 aliphatic carbocycles. The fourth-order valence-corrected chi connectivity index (χ4v) is 2.34. The Balaban J connectivity index is 2.59. The fraction of sp³-hybridized carbons (Fsp3) is 0.714. The first-order chi connectivity index (χ1) is 9.10. The van der Waals surface area contributed by atoms with E-state index in [0.717, 1.165) is 19.3 Å². The molecule has 19 heavy (non-hydrogen) atoms. The number of allylic oxidation sites excluding steroid dienone is 1. The van der Waals surface area contributed by atoms with Gasteiger partial charge in [-0.05, 0) is 13.3 Å². The highest BCUT2D eigenvalue weighted by Gasteiger charge is 2.29. The summed E-state index contributed by atoms with van der Waals surface area (Å²) in [5.41, 5.74) is 1.13. The number of rotatable bonds is 7. The summed E-state index contributed by atoms with van der Waals surface area (Å²) in [5.74, 6) is -0.372. The lowest BCUT2D eigenvalue weighted by atomic mass is 9.97. The van der Waals surface area contributed by atoms with Crippen molar-refractivity contribution in [1.82, 2.24) is 10.6 Å². The summed E-state index contributed by atoms with van der Waals surface area (Å²) in [7, 11) is 1.36. The molecule has 0 aromatic heterocycles. The van der Waals surface area contributed by atoms with Crippen LogP contribution in [0.15, 0.2) is 11.3 Å². The van der Waals surface area contributed by atoms with E-state index in [0.29, 0.717) is 11.3 Å². The van der Waals surface area contributed by atoms with Crippen LogP contribution in [0.4, 0.5) is 4.79 Å². The molecule has 1 heterocycles. The second kappa shape index (κ2) is 7.81. The van der Waals surface area contributed by atoms with Crippen LogP contribution in [0.2, 0.25) is 0 Å². The predicted molar refractivity (Wildman–Crippen MR) is 73.5 cm³/mol. The van der Waals surface area contributed by atoms with Crippen molar-refractivity contribution in [3.63, 3.8) is 0 Å². The Morgan fingerprint density at radius 3 is 2.58 bits per heavy atom. The number of carbonyl (C=O) groups is 2.